The van der Waals surface area contributed by atoms with Crippen molar-refractivity contribution in [3.63, 3.8) is 0 Å². The fourth-order valence-electron chi connectivity index (χ4n) is 4.40. The molecule has 180 valence electrons. The molecule has 0 aliphatic carbocycles. The van der Waals surface area contributed by atoms with Crippen LogP contribution in [-0.4, -0.2) is 5.11 Å². The number of hydrogen-bond acceptors (Lipinski definition) is 2. The Labute approximate surface area is 215 Å². The zero-order valence-corrected chi connectivity index (χ0v) is 22.5. The van der Waals surface area contributed by atoms with Gasteiger partial charge in [-0.25, -0.2) is 0 Å². The number of rotatable bonds is 5. The second-order valence-corrected chi connectivity index (χ2v) is 12.4. The van der Waals surface area contributed by atoms with E-state index in [1.54, 1.807) is 0 Å². The van der Waals surface area contributed by atoms with Crippen molar-refractivity contribution in [3.8, 4) is 16.9 Å². The van der Waals surface area contributed by atoms with Crippen LogP contribution >= 0.6 is 11.8 Å². The summed E-state index contributed by atoms with van der Waals surface area (Å²) < 4.78 is 0. The molecule has 0 heterocycles. The standard InChI is InChI=1S/C33H36OS/c1-32(2,3)28-21-26(22-29(30(28)34)33(4,5)6)31(35-27-15-11-8-12-16-27)25-19-17-24(18-20-25)23-13-9-7-10-14-23/h7-22,31,34H,1-6H3. The summed E-state index contributed by atoms with van der Waals surface area (Å²) in [6, 6.07) is 34.5. The maximum Gasteiger partial charge on any atom is 0.123 e. The summed E-state index contributed by atoms with van der Waals surface area (Å²) in [6.07, 6.45) is 0. The van der Waals surface area contributed by atoms with Crippen LogP contribution in [-0.2, 0) is 10.8 Å². The van der Waals surface area contributed by atoms with Crippen molar-refractivity contribution < 1.29 is 5.11 Å². The molecule has 0 bridgehead atoms. The molecule has 0 saturated carbocycles. The van der Waals surface area contributed by atoms with Crippen LogP contribution in [0.3, 0.4) is 0 Å². The SMILES string of the molecule is CC(C)(C)c1cc(C(Sc2ccccc2)c2ccc(-c3ccccc3)cc2)cc(C(C)(C)C)c1O. The van der Waals surface area contributed by atoms with Gasteiger partial charge >= 0.3 is 0 Å². The molecule has 0 fully saturated rings. The Balaban J connectivity index is 1.86. The first-order valence-corrected chi connectivity index (χ1v) is 13.2. The Morgan fingerprint density at radius 3 is 1.51 bits per heavy atom. The molecule has 0 aliphatic rings. The molecule has 0 radical (unpaired) electrons. The van der Waals surface area contributed by atoms with Crippen LogP contribution in [0.15, 0.2) is 102 Å². The van der Waals surface area contributed by atoms with Crippen molar-refractivity contribution in [2.24, 2.45) is 0 Å². The summed E-state index contributed by atoms with van der Waals surface area (Å²) in [4.78, 5) is 1.23. The van der Waals surface area contributed by atoms with Gasteiger partial charge < -0.3 is 5.11 Å². The quantitative estimate of drug-likeness (QED) is 0.287. The predicted octanol–water partition coefficient (Wildman–Crippen LogP) is 9.54. The number of thioether (sulfide) groups is 1. The number of hydrogen-bond donors (Lipinski definition) is 1. The highest BCUT2D eigenvalue weighted by Gasteiger charge is 2.29. The van der Waals surface area contributed by atoms with Gasteiger partial charge in [-0.1, -0.05) is 126 Å². The molecule has 2 heteroatoms. The lowest BCUT2D eigenvalue weighted by molar-refractivity contribution is 0.423. The predicted molar refractivity (Wildman–Crippen MR) is 152 cm³/mol. The average molecular weight is 481 g/mol. The summed E-state index contributed by atoms with van der Waals surface area (Å²) in [6.45, 7) is 13.0. The maximum absolute atomic E-state index is 11.3. The van der Waals surface area contributed by atoms with E-state index in [0.717, 1.165) is 11.1 Å². The van der Waals surface area contributed by atoms with Crippen LogP contribution in [0.5, 0.6) is 5.75 Å². The van der Waals surface area contributed by atoms with Crippen molar-refractivity contribution in [3.05, 3.63) is 119 Å². The fourth-order valence-corrected chi connectivity index (χ4v) is 5.55. The minimum Gasteiger partial charge on any atom is -0.507 e. The van der Waals surface area contributed by atoms with Crippen LogP contribution in [0, 0.1) is 0 Å². The molecular formula is C33H36OS. The summed E-state index contributed by atoms with van der Waals surface area (Å²) in [5, 5.41) is 11.4. The van der Waals surface area contributed by atoms with Gasteiger partial charge in [0.15, 0.2) is 0 Å². The highest BCUT2D eigenvalue weighted by Crippen LogP contribution is 2.46. The lowest BCUT2D eigenvalue weighted by Crippen LogP contribution is -2.18. The first-order chi connectivity index (χ1) is 16.5. The molecule has 0 spiro atoms. The average Bonchev–Trinajstić information content (AvgIpc) is 2.83. The molecule has 4 aromatic rings. The Bertz CT molecular complexity index is 1230. The second-order valence-electron chi connectivity index (χ2n) is 11.3. The van der Waals surface area contributed by atoms with E-state index in [9.17, 15) is 5.11 Å². The summed E-state index contributed by atoms with van der Waals surface area (Å²) in [5.74, 6) is 0.427. The van der Waals surface area contributed by atoms with E-state index in [2.05, 4.69) is 139 Å². The molecule has 1 nitrogen and oxygen atoms in total. The molecule has 35 heavy (non-hydrogen) atoms. The van der Waals surface area contributed by atoms with E-state index >= 15 is 0 Å². The van der Waals surface area contributed by atoms with Crippen molar-refractivity contribution in [2.75, 3.05) is 0 Å². The third-order valence-corrected chi connectivity index (χ3v) is 7.69. The van der Waals surface area contributed by atoms with Gasteiger partial charge in [-0.15, -0.1) is 11.8 Å². The maximum atomic E-state index is 11.3. The largest absolute Gasteiger partial charge is 0.507 e. The zero-order valence-electron chi connectivity index (χ0n) is 21.7. The Morgan fingerprint density at radius 2 is 1.03 bits per heavy atom. The number of aromatic hydroxyl groups is 1. The van der Waals surface area contributed by atoms with E-state index < -0.39 is 0 Å². The third-order valence-electron chi connectivity index (χ3n) is 6.37. The molecule has 4 aromatic carbocycles. The van der Waals surface area contributed by atoms with Gasteiger partial charge in [-0.3, -0.25) is 0 Å². The lowest BCUT2D eigenvalue weighted by Gasteiger charge is -2.30. The molecule has 0 aliphatic heterocycles. The van der Waals surface area contributed by atoms with Gasteiger partial charge in [0.1, 0.15) is 5.75 Å². The molecule has 0 amide bonds. The number of phenolic OH excluding ortho intramolecular Hbond substituents is 1. The van der Waals surface area contributed by atoms with Crippen molar-refractivity contribution in [1.82, 2.24) is 0 Å². The Morgan fingerprint density at radius 1 is 0.571 bits per heavy atom. The molecule has 1 unspecified atom stereocenters. The Hall–Kier alpha value is -2.97. The minimum atomic E-state index is -0.167. The van der Waals surface area contributed by atoms with E-state index in [1.165, 1.54) is 27.1 Å². The third kappa shape index (κ3) is 5.82. The summed E-state index contributed by atoms with van der Waals surface area (Å²) in [5.41, 5.74) is 6.58. The summed E-state index contributed by atoms with van der Waals surface area (Å²) >= 11 is 1.86. The number of phenols is 1. The van der Waals surface area contributed by atoms with Crippen LogP contribution in [0.25, 0.3) is 11.1 Å². The van der Waals surface area contributed by atoms with Gasteiger partial charge in [0.25, 0.3) is 0 Å². The molecule has 1 atom stereocenters. The molecule has 0 aromatic heterocycles. The van der Waals surface area contributed by atoms with E-state index in [1.807, 2.05) is 11.8 Å². The zero-order chi connectivity index (χ0) is 25.2. The number of benzene rings is 4. The van der Waals surface area contributed by atoms with Crippen molar-refractivity contribution in [1.29, 1.82) is 0 Å². The summed E-state index contributed by atoms with van der Waals surface area (Å²) in [7, 11) is 0. The molecule has 0 saturated heterocycles. The first-order valence-electron chi connectivity index (χ1n) is 12.3. The van der Waals surface area contributed by atoms with Gasteiger partial charge in [-0.05, 0) is 56.3 Å². The molecular weight excluding hydrogens is 444 g/mol. The fraction of sp³-hybridized carbons (Fsp3) is 0.273. The van der Waals surface area contributed by atoms with E-state index in [4.69, 9.17) is 0 Å². The van der Waals surface area contributed by atoms with Gasteiger partial charge in [0, 0.05) is 4.90 Å². The van der Waals surface area contributed by atoms with Crippen LogP contribution in [0.1, 0.15) is 69.0 Å². The van der Waals surface area contributed by atoms with Crippen molar-refractivity contribution >= 4 is 11.8 Å². The normalized spacial score (nSPS) is 13.0. The van der Waals surface area contributed by atoms with Crippen molar-refractivity contribution in [2.45, 2.75) is 62.5 Å². The van der Waals surface area contributed by atoms with Crippen LogP contribution in [0.4, 0.5) is 0 Å². The smallest absolute Gasteiger partial charge is 0.123 e. The Kier molecular flexibility index (Phi) is 7.15. The molecule has 1 N–H and O–H groups in total. The van der Waals surface area contributed by atoms with Crippen LogP contribution in [0.2, 0.25) is 0 Å². The first kappa shape index (κ1) is 25.1. The van der Waals surface area contributed by atoms with E-state index in [0.29, 0.717) is 5.75 Å². The van der Waals surface area contributed by atoms with Gasteiger partial charge in [0.2, 0.25) is 0 Å². The van der Waals surface area contributed by atoms with Gasteiger partial charge in [0.05, 0.1) is 5.25 Å². The van der Waals surface area contributed by atoms with E-state index in [-0.39, 0.29) is 16.1 Å². The minimum absolute atomic E-state index is 0.102. The lowest BCUT2D eigenvalue weighted by atomic mass is 9.78. The topological polar surface area (TPSA) is 20.2 Å². The monoisotopic (exact) mass is 480 g/mol. The highest BCUT2D eigenvalue weighted by atomic mass is 32.2. The highest BCUT2D eigenvalue weighted by molar-refractivity contribution is 7.99. The second kappa shape index (κ2) is 9.95. The van der Waals surface area contributed by atoms with Crippen LogP contribution < -0.4 is 0 Å². The van der Waals surface area contributed by atoms with Gasteiger partial charge in [-0.2, -0.15) is 0 Å². The molecule has 4 rings (SSSR count).